The van der Waals surface area contributed by atoms with E-state index in [0.717, 1.165) is 43.8 Å². The van der Waals surface area contributed by atoms with E-state index in [4.69, 9.17) is 4.98 Å². The van der Waals surface area contributed by atoms with Crippen molar-refractivity contribution < 1.29 is 4.79 Å². The summed E-state index contributed by atoms with van der Waals surface area (Å²) < 4.78 is 1.82. The maximum Gasteiger partial charge on any atom is 0.261 e. The van der Waals surface area contributed by atoms with Crippen molar-refractivity contribution >= 4 is 28.6 Å². The van der Waals surface area contributed by atoms with Gasteiger partial charge in [-0.3, -0.25) is 14.2 Å². The number of hydrogen-bond acceptors (Lipinski definition) is 4. The number of benzene rings is 2. The summed E-state index contributed by atoms with van der Waals surface area (Å²) in [6.07, 6.45) is 5.22. The molecule has 29 heavy (non-hydrogen) atoms. The molecule has 6 heteroatoms. The van der Waals surface area contributed by atoms with Crippen molar-refractivity contribution in [2.45, 2.75) is 43.5 Å². The highest BCUT2D eigenvalue weighted by Gasteiger charge is 2.14. The topological polar surface area (TPSA) is 64.0 Å². The Morgan fingerprint density at radius 1 is 1.07 bits per heavy atom. The van der Waals surface area contributed by atoms with E-state index >= 15 is 0 Å². The van der Waals surface area contributed by atoms with Crippen LogP contribution >= 0.6 is 11.8 Å². The van der Waals surface area contributed by atoms with Crippen molar-refractivity contribution in [2.24, 2.45) is 0 Å². The van der Waals surface area contributed by atoms with Gasteiger partial charge in [0.15, 0.2) is 0 Å². The maximum atomic E-state index is 12.9. The number of nitrogens with zero attached hydrogens (tertiary/aromatic N) is 2. The Hall–Kier alpha value is -2.60. The summed E-state index contributed by atoms with van der Waals surface area (Å²) in [5.74, 6) is 1.52. The van der Waals surface area contributed by atoms with Crippen LogP contribution < -0.4 is 10.9 Å². The molecule has 0 unspecified atom stereocenters. The quantitative estimate of drug-likeness (QED) is 0.512. The number of thioether (sulfide) groups is 1. The van der Waals surface area contributed by atoms with E-state index in [1.54, 1.807) is 30.0 Å². The third-order valence-electron chi connectivity index (χ3n) is 5.23. The number of rotatable bonds is 5. The summed E-state index contributed by atoms with van der Waals surface area (Å²) in [6, 6.07) is 15.3. The first-order valence-corrected chi connectivity index (χ1v) is 11.2. The fourth-order valence-electron chi connectivity index (χ4n) is 3.69. The van der Waals surface area contributed by atoms with Crippen molar-refractivity contribution in [1.29, 1.82) is 0 Å². The first-order chi connectivity index (χ1) is 14.2. The van der Waals surface area contributed by atoms with Crippen LogP contribution in [0.5, 0.6) is 0 Å². The highest BCUT2D eigenvalue weighted by atomic mass is 32.2. The van der Waals surface area contributed by atoms with Gasteiger partial charge in [-0.1, -0.05) is 31.0 Å². The largest absolute Gasteiger partial charge is 0.351 e. The van der Waals surface area contributed by atoms with Crippen LogP contribution in [0.2, 0.25) is 0 Å². The van der Waals surface area contributed by atoms with Crippen LogP contribution in [-0.4, -0.2) is 27.8 Å². The van der Waals surface area contributed by atoms with E-state index in [-0.39, 0.29) is 11.5 Å². The lowest BCUT2D eigenvalue weighted by atomic mass is 10.1. The SMILES string of the molecule is O=C(NCCSc1ccccc1)c1ccc2c(=O)n3c(nc2c1)CCCCCC3. The average Bonchev–Trinajstić information content (AvgIpc) is 2.73. The molecule has 1 N–H and O–H groups in total. The molecular weight excluding hydrogens is 382 g/mol. The lowest BCUT2D eigenvalue weighted by Crippen LogP contribution is -2.28. The van der Waals surface area contributed by atoms with Crippen molar-refractivity contribution in [2.75, 3.05) is 12.3 Å². The lowest BCUT2D eigenvalue weighted by molar-refractivity contribution is 0.0956. The van der Waals surface area contributed by atoms with Crippen LogP contribution in [-0.2, 0) is 13.0 Å². The van der Waals surface area contributed by atoms with Gasteiger partial charge in [-0.05, 0) is 43.2 Å². The van der Waals surface area contributed by atoms with Gasteiger partial charge in [0.2, 0.25) is 0 Å². The van der Waals surface area contributed by atoms with Gasteiger partial charge in [0, 0.05) is 35.7 Å². The van der Waals surface area contributed by atoms with Gasteiger partial charge >= 0.3 is 0 Å². The van der Waals surface area contributed by atoms with Crippen LogP contribution in [0.4, 0.5) is 0 Å². The Bertz CT molecular complexity index is 1060. The first kappa shape index (κ1) is 19.7. The zero-order chi connectivity index (χ0) is 20.1. The number of carbonyl (C=O) groups is 1. The van der Waals surface area contributed by atoms with Gasteiger partial charge in [0.05, 0.1) is 10.9 Å². The molecule has 1 aliphatic rings. The second-order valence-corrected chi connectivity index (χ2v) is 8.47. The molecule has 4 rings (SSSR count). The monoisotopic (exact) mass is 407 g/mol. The van der Waals surface area contributed by atoms with Crippen molar-refractivity contribution in [3.63, 3.8) is 0 Å². The average molecular weight is 408 g/mol. The second-order valence-electron chi connectivity index (χ2n) is 7.30. The minimum atomic E-state index is -0.130. The molecule has 0 radical (unpaired) electrons. The predicted molar refractivity (Wildman–Crippen MR) is 118 cm³/mol. The number of hydrogen-bond donors (Lipinski definition) is 1. The van der Waals surface area contributed by atoms with Gasteiger partial charge in [0.1, 0.15) is 5.82 Å². The lowest BCUT2D eigenvalue weighted by Gasteiger charge is -2.16. The molecule has 0 bridgehead atoms. The minimum absolute atomic E-state index is 0.0121. The molecule has 0 saturated carbocycles. The van der Waals surface area contributed by atoms with Gasteiger partial charge in [-0.2, -0.15) is 0 Å². The standard InChI is InChI=1S/C23H25N3O2S/c27-22(24-13-15-29-18-8-4-3-5-9-18)17-11-12-19-20(16-17)25-21-10-6-1-2-7-14-26(21)23(19)28/h3-5,8-9,11-12,16H,1-2,6-7,10,13-15H2,(H,24,27). The normalized spacial score (nSPS) is 14.1. The number of aromatic nitrogens is 2. The summed E-state index contributed by atoms with van der Waals surface area (Å²) in [7, 11) is 0. The van der Waals surface area contributed by atoms with Crippen LogP contribution in [0.15, 0.2) is 58.2 Å². The molecular formula is C23H25N3O2S. The van der Waals surface area contributed by atoms with E-state index in [2.05, 4.69) is 17.4 Å². The van der Waals surface area contributed by atoms with Gasteiger partial charge in [-0.15, -0.1) is 11.8 Å². The fourth-order valence-corrected chi connectivity index (χ4v) is 4.48. The third kappa shape index (κ3) is 4.70. The first-order valence-electron chi connectivity index (χ1n) is 10.2. The van der Waals surface area contributed by atoms with Gasteiger partial charge in [0.25, 0.3) is 11.5 Å². The highest BCUT2D eigenvalue weighted by molar-refractivity contribution is 7.99. The van der Waals surface area contributed by atoms with E-state index in [9.17, 15) is 9.59 Å². The van der Waals surface area contributed by atoms with E-state index in [1.807, 2.05) is 22.8 Å². The van der Waals surface area contributed by atoms with Crippen molar-refractivity contribution in [3.05, 3.63) is 70.3 Å². The number of nitrogens with one attached hydrogen (secondary N) is 1. The summed E-state index contributed by atoms with van der Waals surface area (Å²) in [6.45, 7) is 1.31. The molecule has 1 aliphatic heterocycles. The summed E-state index contributed by atoms with van der Waals surface area (Å²) in [4.78, 5) is 31.4. The third-order valence-corrected chi connectivity index (χ3v) is 6.24. The van der Waals surface area contributed by atoms with Gasteiger partial charge < -0.3 is 5.32 Å². The number of amides is 1. The molecule has 1 amide bonds. The zero-order valence-electron chi connectivity index (χ0n) is 16.4. The van der Waals surface area contributed by atoms with Crippen LogP contribution in [0.3, 0.4) is 0 Å². The van der Waals surface area contributed by atoms with Crippen molar-refractivity contribution in [1.82, 2.24) is 14.9 Å². The summed E-state index contributed by atoms with van der Waals surface area (Å²) >= 11 is 1.71. The predicted octanol–water partition coefficient (Wildman–Crippen LogP) is 4.04. The van der Waals surface area contributed by atoms with E-state index in [1.165, 1.54) is 11.3 Å². The number of fused-ring (bicyclic) bond motifs is 2. The van der Waals surface area contributed by atoms with E-state index < -0.39 is 0 Å². The minimum Gasteiger partial charge on any atom is -0.351 e. The molecule has 0 atom stereocenters. The molecule has 5 nitrogen and oxygen atoms in total. The second kappa shape index (κ2) is 9.27. The molecule has 1 aromatic heterocycles. The molecule has 2 heterocycles. The summed E-state index contributed by atoms with van der Waals surface area (Å²) in [5.41, 5.74) is 1.18. The fraction of sp³-hybridized carbons (Fsp3) is 0.348. The Balaban J connectivity index is 1.47. The molecule has 2 aromatic carbocycles. The zero-order valence-corrected chi connectivity index (χ0v) is 17.2. The van der Waals surface area contributed by atoms with Crippen LogP contribution in [0, 0.1) is 0 Å². The summed E-state index contributed by atoms with van der Waals surface area (Å²) in [5, 5.41) is 3.55. The Morgan fingerprint density at radius 2 is 1.90 bits per heavy atom. The van der Waals surface area contributed by atoms with Crippen LogP contribution in [0.25, 0.3) is 10.9 Å². The Kier molecular flexibility index (Phi) is 6.30. The molecule has 0 saturated heterocycles. The Labute approximate surface area is 174 Å². The Morgan fingerprint density at radius 3 is 2.76 bits per heavy atom. The van der Waals surface area contributed by atoms with Gasteiger partial charge in [-0.25, -0.2) is 4.98 Å². The number of carbonyl (C=O) groups excluding carboxylic acids is 1. The molecule has 0 fully saturated rings. The highest BCUT2D eigenvalue weighted by Crippen LogP contribution is 2.17. The maximum absolute atomic E-state index is 12.9. The van der Waals surface area contributed by atoms with Crippen LogP contribution in [0.1, 0.15) is 41.9 Å². The number of aryl methyl sites for hydroxylation is 1. The van der Waals surface area contributed by atoms with Crippen molar-refractivity contribution in [3.8, 4) is 0 Å². The smallest absolute Gasteiger partial charge is 0.261 e. The molecule has 150 valence electrons. The molecule has 0 spiro atoms. The molecule has 0 aliphatic carbocycles. The van der Waals surface area contributed by atoms with E-state index in [0.29, 0.717) is 23.0 Å². The molecule has 3 aromatic rings.